The summed E-state index contributed by atoms with van der Waals surface area (Å²) >= 11 is 1.48. The Bertz CT molecular complexity index is 441. The second-order valence-electron chi connectivity index (χ2n) is 2.39. The van der Waals surface area contributed by atoms with Crippen molar-refractivity contribution >= 4 is 21.6 Å². The Labute approximate surface area is 75.2 Å². The first-order valence-corrected chi connectivity index (χ1v) is 4.11. The SMILES string of the molecule is C.Cn1sc2ccccc2c1=O. The number of aryl methyl sites for hydroxylation is 1. The minimum absolute atomic E-state index is 0. The van der Waals surface area contributed by atoms with Crippen molar-refractivity contribution in [3.8, 4) is 0 Å². The molecule has 0 N–H and O–H groups in total. The molecule has 2 nitrogen and oxygen atoms in total. The number of rotatable bonds is 0. The van der Waals surface area contributed by atoms with Gasteiger partial charge in [-0.15, -0.1) is 0 Å². The molecule has 0 aliphatic heterocycles. The van der Waals surface area contributed by atoms with Crippen molar-refractivity contribution in [3.05, 3.63) is 34.6 Å². The molecule has 12 heavy (non-hydrogen) atoms. The van der Waals surface area contributed by atoms with E-state index in [4.69, 9.17) is 0 Å². The van der Waals surface area contributed by atoms with E-state index in [1.54, 1.807) is 11.0 Å². The van der Waals surface area contributed by atoms with Gasteiger partial charge in [0.2, 0.25) is 0 Å². The van der Waals surface area contributed by atoms with Crippen LogP contribution in [0.1, 0.15) is 7.43 Å². The highest BCUT2D eigenvalue weighted by Crippen LogP contribution is 2.13. The van der Waals surface area contributed by atoms with Crippen molar-refractivity contribution < 1.29 is 0 Å². The van der Waals surface area contributed by atoms with Gasteiger partial charge in [0.05, 0.1) is 10.1 Å². The topological polar surface area (TPSA) is 22.0 Å². The minimum atomic E-state index is 0. The van der Waals surface area contributed by atoms with Gasteiger partial charge < -0.3 is 0 Å². The van der Waals surface area contributed by atoms with Crippen LogP contribution in [0, 0.1) is 0 Å². The fraction of sp³-hybridized carbons (Fsp3) is 0.222. The maximum atomic E-state index is 11.3. The van der Waals surface area contributed by atoms with Gasteiger partial charge in [-0.2, -0.15) is 0 Å². The second-order valence-corrected chi connectivity index (χ2v) is 3.56. The molecule has 1 aromatic carbocycles. The third-order valence-electron chi connectivity index (χ3n) is 1.64. The zero-order valence-corrected chi connectivity index (χ0v) is 6.89. The molecule has 0 bridgehead atoms. The zero-order chi connectivity index (χ0) is 7.84. The van der Waals surface area contributed by atoms with E-state index < -0.39 is 0 Å². The average molecular weight is 181 g/mol. The first-order valence-electron chi connectivity index (χ1n) is 3.34. The van der Waals surface area contributed by atoms with Crippen molar-refractivity contribution in [2.45, 2.75) is 7.43 Å². The Balaban J connectivity index is 0.000000720. The molecule has 2 aromatic rings. The van der Waals surface area contributed by atoms with Gasteiger partial charge in [0.1, 0.15) is 0 Å². The van der Waals surface area contributed by atoms with E-state index in [0.717, 1.165) is 10.1 Å². The normalized spacial score (nSPS) is 9.75. The van der Waals surface area contributed by atoms with Crippen molar-refractivity contribution in [2.75, 3.05) is 0 Å². The third-order valence-corrected chi connectivity index (χ3v) is 2.63. The van der Waals surface area contributed by atoms with Crippen molar-refractivity contribution in [1.29, 1.82) is 0 Å². The summed E-state index contributed by atoms with van der Waals surface area (Å²) in [5.41, 5.74) is 0.102. The van der Waals surface area contributed by atoms with Crippen LogP contribution in [0.25, 0.3) is 10.1 Å². The Kier molecular flexibility index (Phi) is 2.33. The highest BCUT2D eigenvalue weighted by molar-refractivity contribution is 7.13. The van der Waals surface area contributed by atoms with E-state index in [1.807, 2.05) is 24.3 Å². The summed E-state index contributed by atoms with van der Waals surface area (Å²) in [5.74, 6) is 0. The lowest BCUT2D eigenvalue weighted by Crippen LogP contribution is -2.07. The molecule has 0 amide bonds. The third kappa shape index (κ3) is 1.16. The van der Waals surface area contributed by atoms with Gasteiger partial charge in [-0.3, -0.25) is 8.75 Å². The Morgan fingerprint density at radius 1 is 1.33 bits per heavy atom. The maximum absolute atomic E-state index is 11.3. The first-order chi connectivity index (χ1) is 5.29. The molecule has 0 saturated heterocycles. The molecule has 0 aliphatic rings. The Morgan fingerprint density at radius 3 is 2.67 bits per heavy atom. The Morgan fingerprint density at radius 2 is 2.00 bits per heavy atom. The maximum Gasteiger partial charge on any atom is 0.268 e. The van der Waals surface area contributed by atoms with Gasteiger partial charge in [-0.25, -0.2) is 0 Å². The monoisotopic (exact) mass is 181 g/mol. The van der Waals surface area contributed by atoms with Crippen LogP contribution in [0.2, 0.25) is 0 Å². The first kappa shape index (κ1) is 9.00. The van der Waals surface area contributed by atoms with Crippen molar-refractivity contribution in [2.24, 2.45) is 7.05 Å². The van der Waals surface area contributed by atoms with E-state index in [2.05, 4.69) is 0 Å². The summed E-state index contributed by atoms with van der Waals surface area (Å²) in [6.45, 7) is 0. The number of hydrogen-bond donors (Lipinski definition) is 0. The van der Waals surface area contributed by atoms with Crippen molar-refractivity contribution in [1.82, 2.24) is 3.96 Å². The Hall–Kier alpha value is -1.09. The summed E-state index contributed by atoms with van der Waals surface area (Å²) in [6.07, 6.45) is 0. The number of benzene rings is 1. The number of hydrogen-bond acceptors (Lipinski definition) is 2. The van der Waals surface area contributed by atoms with Crippen LogP contribution < -0.4 is 5.56 Å². The summed E-state index contributed by atoms with van der Waals surface area (Å²) in [4.78, 5) is 11.3. The van der Waals surface area contributed by atoms with Crippen LogP contribution >= 0.6 is 11.5 Å². The lowest BCUT2D eigenvalue weighted by molar-refractivity contribution is 0.989. The van der Waals surface area contributed by atoms with Crippen LogP contribution in [0.4, 0.5) is 0 Å². The second kappa shape index (κ2) is 3.11. The van der Waals surface area contributed by atoms with E-state index in [-0.39, 0.29) is 13.0 Å². The van der Waals surface area contributed by atoms with Crippen LogP contribution in [0.15, 0.2) is 29.1 Å². The summed E-state index contributed by atoms with van der Waals surface area (Å²) in [6, 6.07) is 7.64. The molecular formula is C9H11NOS. The molecule has 0 radical (unpaired) electrons. The average Bonchev–Trinajstić information content (AvgIpc) is 2.30. The molecule has 1 aromatic heterocycles. The largest absolute Gasteiger partial charge is 0.268 e. The summed E-state index contributed by atoms with van der Waals surface area (Å²) in [5, 5.41) is 0.819. The smallest absolute Gasteiger partial charge is 0.268 e. The number of aromatic nitrogens is 1. The van der Waals surface area contributed by atoms with Gasteiger partial charge in [-0.1, -0.05) is 31.1 Å². The molecule has 64 valence electrons. The van der Waals surface area contributed by atoms with Crippen LogP contribution in [0.5, 0.6) is 0 Å². The number of nitrogens with zero attached hydrogens (tertiary/aromatic N) is 1. The molecule has 0 atom stereocenters. The predicted molar refractivity (Wildman–Crippen MR) is 53.8 cm³/mol. The summed E-state index contributed by atoms with van der Waals surface area (Å²) in [7, 11) is 1.78. The lowest BCUT2D eigenvalue weighted by atomic mass is 10.3. The fourth-order valence-electron chi connectivity index (χ4n) is 1.08. The fourth-order valence-corrected chi connectivity index (χ4v) is 1.95. The van der Waals surface area contributed by atoms with Gasteiger partial charge >= 0.3 is 0 Å². The van der Waals surface area contributed by atoms with Crippen LogP contribution in [-0.4, -0.2) is 3.96 Å². The quantitative estimate of drug-likeness (QED) is 0.611. The molecule has 1 heterocycles. The minimum Gasteiger partial charge on any atom is -0.268 e. The molecular weight excluding hydrogens is 170 g/mol. The van der Waals surface area contributed by atoms with Gasteiger partial charge in [0, 0.05) is 7.05 Å². The summed E-state index contributed by atoms with van der Waals surface area (Å²) < 4.78 is 2.70. The van der Waals surface area contributed by atoms with E-state index in [9.17, 15) is 4.79 Å². The molecule has 3 heteroatoms. The van der Waals surface area contributed by atoms with E-state index >= 15 is 0 Å². The number of fused-ring (bicyclic) bond motifs is 1. The zero-order valence-electron chi connectivity index (χ0n) is 6.07. The molecule has 0 fully saturated rings. The van der Waals surface area contributed by atoms with Gasteiger partial charge in [0.15, 0.2) is 0 Å². The van der Waals surface area contributed by atoms with Gasteiger partial charge in [-0.05, 0) is 12.1 Å². The highest BCUT2D eigenvalue weighted by Gasteiger charge is 2.01. The highest BCUT2D eigenvalue weighted by atomic mass is 32.1. The molecule has 0 saturated carbocycles. The molecule has 0 aliphatic carbocycles. The molecule has 0 spiro atoms. The van der Waals surface area contributed by atoms with E-state index in [0.29, 0.717) is 0 Å². The van der Waals surface area contributed by atoms with Crippen LogP contribution in [-0.2, 0) is 7.05 Å². The molecule has 2 rings (SSSR count). The van der Waals surface area contributed by atoms with Crippen molar-refractivity contribution in [3.63, 3.8) is 0 Å². The standard InChI is InChI=1S/C8H7NOS.CH4/c1-9-8(10)6-4-2-3-5-7(6)11-9;/h2-5H,1H3;1H4. The predicted octanol–water partition coefficient (Wildman–Crippen LogP) is 2.24. The van der Waals surface area contributed by atoms with E-state index in [1.165, 1.54) is 11.5 Å². The van der Waals surface area contributed by atoms with Crippen LogP contribution in [0.3, 0.4) is 0 Å². The lowest BCUT2D eigenvalue weighted by Gasteiger charge is -1.79. The van der Waals surface area contributed by atoms with Gasteiger partial charge in [0.25, 0.3) is 5.56 Å². The molecule has 0 unspecified atom stereocenters.